The molecule has 0 amide bonds. The highest BCUT2D eigenvalue weighted by Crippen LogP contribution is 2.28. The van der Waals surface area contributed by atoms with Crippen molar-refractivity contribution in [1.82, 2.24) is 0 Å². The van der Waals surface area contributed by atoms with Gasteiger partial charge in [-0.05, 0) is 11.3 Å². The van der Waals surface area contributed by atoms with E-state index in [1.165, 1.54) is 6.42 Å². The zero-order valence-electron chi connectivity index (χ0n) is 9.90. The van der Waals surface area contributed by atoms with Gasteiger partial charge in [0.15, 0.2) is 0 Å². The minimum absolute atomic E-state index is 0.394. The Morgan fingerprint density at radius 3 is 1.67 bits per heavy atom. The number of ether oxygens (including phenoxy) is 1. The van der Waals surface area contributed by atoms with Gasteiger partial charge in [0, 0.05) is 13.7 Å². The molecule has 0 aliphatic rings. The first kappa shape index (κ1) is 14.5. The maximum Gasteiger partial charge on any atom is 0.0495 e. The summed E-state index contributed by atoms with van der Waals surface area (Å²) in [5.74, 6) is 0.692. The summed E-state index contributed by atoms with van der Waals surface area (Å²) < 4.78 is 5.12. The Balaban J connectivity index is 0. The van der Waals surface area contributed by atoms with Gasteiger partial charge in [0.1, 0.15) is 0 Å². The molecular weight excluding hydrogens is 148 g/mol. The molecule has 0 aliphatic heterocycles. The number of hydrogen-bond donors (Lipinski definition) is 0. The van der Waals surface area contributed by atoms with E-state index in [1.807, 2.05) is 13.8 Å². The lowest BCUT2D eigenvalue weighted by Crippen LogP contribution is -2.23. The van der Waals surface area contributed by atoms with E-state index in [2.05, 4.69) is 27.7 Å². The predicted molar refractivity (Wildman–Crippen MR) is 56.5 cm³/mol. The highest BCUT2D eigenvalue weighted by atomic mass is 16.5. The second-order valence-electron chi connectivity index (χ2n) is 3.93. The van der Waals surface area contributed by atoms with E-state index in [-0.39, 0.29) is 0 Å². The summed E-state index contributed by atoms with van der Waals surface area (Å²) in [6.07, 6.45) is 1.21. The molecule has 0 aromatic rings. The first-order chi connectivity index (χ1) is 5.52. The molecule has 0 heterocycles. The van der Waals surface area contributed by atoms with E-state index >= 15 is 0 Å². The molecule has 1 atom stereocenters. The lowest BCUT2D eigenvalue weighted by Gasteiger charge is -2.28. The van der Waals surface area contributed by atoms with Crippen molar-refractivity contribution in [3.63, 3.8) is 0 Å². The third-order valence-electron chi connectivity index (χ3n) is 2.09. The van der Waals surface area contributed by atoms with Gasteiger partial charge in [0.2, 0.25) is 0 Å². The zero-order valence-corrected chi connectivity index (χ0v) is 9.90. The predicted octanol–water partition coefficient (Wildman–Crippen LogP) is 3.73. The van der Waals surface area contributed by atoms with Gasteiger partial charge in [-0.3, -0.25) is 0 Å². The van der Waals surface area contributed by atoms with E-state index in [0.29, 0.717) is 11.3 Å². The van der Waals surface area contributed by atoms with Crippen molar-refractivity contribution >= 4 is 0 Å². The van der Waals surface area contributed by atoms with Crippen molar-refractivity contribution in [3.05, 3.63) is 0 Å². The van der Waals surface area contributed by atoms with Crippen LogP contribution in [-0.4, -0.2) is 13.7 Å². The second kappa shape index (κ2) is 7.60. The Morgan fingerprint density at radius 1 is 1.17 bits per heavy atom. The van der Waals surface area contributed by atoms with Crippen LogP contribution in [0.2, 0.25) is 0 Å². The van der Waals surface area contributed by atoms with E-state index in [4.69, 9.17) is 4.74 Å². The van der Waals surface area contributed by atoms with Crippen LogP contribution >= 0.6 is 0 Å². The van der Waals surface area contributed by atoms with Gasteiger partial charge in [-0.1, -0.05) is 48.0 Å². The van der Waals surface area contributed by atoms with Gasteiger partial charge in [-0.15, -0.1) is 0 Å². The molecule has 0 rings (SSSR count). The third kappa shape index (κ3) is 6.66. The van der Waals surface area contributed by atoms with Crippen LogP contribution in [0.4, 0.5) is 0 Å². The normalized spacial score (nSPS) is 13.2. The maximum absolute atomic E-state index is 5.12. The van der Waals surface area contributed by atoms with Crippen molar-refractivity contribution in [3.8, 4) is 0 Å². The van der Waals surface area contributed by atoms with Crippen LogP contribution in [0.5, 0.6) is 0 Å². The average molecular weight is 174 g/mol. The summed E-state index contributed by atoms with van der Waals surface area (Å²) in [5.41, 5.74) is 0.394. The topological polar surface area (TPSA) is 9.23 Å². The van der Waals surface area contributed by atoms with E-state index in [0.717, 1.165) is 6.61 Å². The Hall–Kier alpha value is -0.0400. The van der Waals surface area contributed by atoms with Crippen LogP contribution in [0.3, 0.4) is 0 Å². The Labute approximate surface area is 78.5 Å². The molecule has 0 aromatic heterocycles. The maximum atomic E-state index is 5.12. The summed E-state index contributed by atoms with van der Waals surface area (Å²) in [6, 6.07) is 0. The molecule has 0 bridgehead atoms. The highest BCUT2D eigenvalue weighted by Gasteiger charge is 2.22. The smallest absolute Gasteiger partial charge is 0.0495 e. The molecule has 1 heteroatoms. The average Bonchev–Trinajstić information content (AvgIpc) is 2.02. The molecule has 0 saturated carbocycles. The van der Waals surface area contributed by atoms with Crippen molar-refractivity contribution in [2.24, 2.45) is 11.3 Å². The monoisotopic (exact) mass is 174 g/mol. The van der Waals surface area contributed by atoms with Crippen LogP contribution in [0.15, 0.2) is 0 Å². The Morgan fingerprint density at radius 2 is 1.58 bits per heavy atom. The van der Waals surface area contributed by atoms with Crippen LogP contribution in [-0.2, 0) is 4.74 Å². The molecule has 1 unspecified atom stereocenters. The molecule has 76 valence electrons. The molecule has 0 saturated heterocycles. The fourth-order valence-electron chi connectivity index (χ4n) is 1.18. The third-order valence-corrected chi connectivity index (χ3v) is 2.09. The van der Waals surface area contributed by atoms with Crippen molar-refractivity contribution in [2.75, 3.05) is 13.7 Å². The van der Waals surface area contributed by atoms with Gasteiger partial charge in [-0.25, -0.2) is 0 Å². The molecule has 1 nitrogen and oxygen atoms in total. The number of hydrogen-bond acceptors (Lipinski definition) is 1. The van der Waals surface area contributed by atoms with Crippen molar-refractivity contribution in [2.45, 2.75) is 48.0 Å². The van der Waals surface area contributed by atoms with Crippen LogP contribution in [0.1, 0.15) is 48.0 Å². The summed E-state index contributed by atoms with van der Waals surface area (Å²) >= 11 is 0. The van der Waals surface area contributed by atoms with Crippen LogP contribution < -0.4 is 0 Å². The largest absolute Gasteiger partial charge is 0.384 e. The van der Waals surface area contributed by atoms with Crippen LogP contribution in [0, 0.1) is 11.3 Å². The van der Waals surface area contributed by atoms with Crippen molar-refractivity contribution < 1.29 is 4.74 Å². The summed E-state index contributed by atoms with van der Waals surface area (Å²) in [4.78, 5) is 0. The summed E-state index contributed by atoms with van der Waals surface area (Å²) in [6.45, 7) is 13.9. The Bertz CT molecular complexity index is 81.5. The quantitative estimate of drug-likeness (QED) is 0.633. The molecule has 0 aromatic carbocycles. The minimum Gasteiger partial charge on any atom is -0.384 e. The molecule has 12 heavy (non-hydrogen) atoms. The summed E-state index contributed by atoms with van der Waals surface area (Å²) in [7, 11) is 1.77. The Kier molecular flexibility index (Phi) is 9.17. The van der Waals surface area contributed by atoms with Gasteiger partial charge < -0.3 is 4.74 Å². The summed E-state index contributed by atoms with van der Waals surface area (Å²) in [5, 5.41) is 0. The van der Waals surface area contributed by atoms with E-state index < -0.39 is 0 Å². The lowest BCUT2D eigenvalue weighted by molar-refractivity contribution is 0.0877. The SMILES string of the molecule is CC.CCC(COC)C(C)(C)C. The van der Waals surface area contributed by atoms with Gasteiger partial charge in [0.05, 0.1) is 0 Å². The molecular formula is C11H26O. The molecule has 0 radical (unpaired) electrons. The fourth-order valence-corrected chi connectivity index (χ4v) is 1.18. The number of methoxy groups -OCH3 is 1. The first-order valence-corrected chi connectivity index (χ1v) is 5.01. The number of rotatable bonds is 3. The fraction of sp³-hybridized carbons (Fsp3) is 1.00. The van der Waals surface area contributed by atoms with E-state index in [1.54, 1.807) is 7.11 Å². The standard InChI is InChI=1S/C9H20O.C2H6/c1-6-8(7-10-5)9(2,3)4;1-2/h8H,6-7H2,1-5H3;1-2H3. The molecule has 0 fully saturated rings. The minimum atomic E-state index is 0.394. The highest BCUT2D eigenvalue weighted by molar-refractivity contribution is 4.71. The van der Waals surface area contributed by atoms with Gasteiger partial charge in [-0.2, -0.15) is 0 Å². The zero-order chi connectivity index (χ0) is 10.2. The van der Waals surface area contributed by atoms with Gasteiger partial charge >= 0.3 is 0 Å². The van der Waals surface area contributed by atoms with Crippen LogP contribution in [0.25, 0.3) is 0 Å². The molecule has 0 aliphatic carbocycles. The molecule has 0 N–H and O–H groups in total. The van der Waals surface area contributed by atoms with Gasteiger partial charge in [0.25, 0.3) is 0 Å². The second-order valence-corrected chi connectivity index (χ2v) is 3.93. The molecule has 0 spiro atoms. The van der Waals surface area contributed by atoms with E-state index in [9.17, 15) is 0 Å². The first-order valence-electron chi connectivity index (χ1n) is 5.01. The van der Waals surface area contributed by atoms with Crippen molar-refractivity contribution in [1.29, 1.82) is 0 Å². The lowest BCUT2D eigenvalue weighted by atomic mass is 9.80.